The first-order valence-electron chi connectivity index (χ1n) is 6.96. The summed E-state index contributed by atoms with van der Waals surface area (Å²) in [6.45, 7) is 4.06. The van der Waals surface area contributed by atoms with Gasteiger partial charge in [0.25, 0.3) is 0 Å². The Labute approximate surface area is 149 Å². The Morgan fingerprint density at radius 1 is 0.667 bits per heavy atom. The third-order valence-corrected chi connectivity index (χ3v) is 4.45. The van der Waals surface area contributed by atoms with Crippen molar-refractivity contribution in [1.29, 1.82) is 0 Å². The second-order valence-corrected chi connectivity index (χ2v) is 6.15. The largest absolute Gasteiger partial charge is 0.209 e. The summed E-state index contributed by atoms with van der Waals surface area (Å²) in [5.41, 5.74) is 4.21. The Bertz CT molecular complexity index is 608. The minimum atomic E-state index is 0.885. The van der Waals surface area contributed by atoms with E-state index in [0.29, 0.717) is 0 Å². The van der Waals surface area contributed by atoms with Crippen LogP contribution in [-0.4, -0.2) is 14.2 Å². The molecule has 24 heavy (non-hydrogen) atoms. The summed E-state index contributed by atoms with van der Waals surface area (Å²) >= 11 is 2.15. The summed E-state index contributed by atoms with van der Waals surface area (Å²) < 4.78 is 9.95. The number of benzene rings is 2. The Hall–Kier alpha value is -1.10. The molecule has 0 saturated heterocycles. The number of hydrogen-bond donors (Lipinski definition) is 0. The molecule has 0 bridgehead atoms. The molecule has 130 valence electrons. The van der Waals surface area contributed by atoms with E-state index in [0.717, 1.165) is 56.1 Å². The van der Waals surface area contributed by atoms with Gasteiger partial charge in [0.05, 0.1) is 38.3 Å². The van der Waals surface area contributed by atoms with E-state index in [9.17, 15) is 0 Å². The van der Waals surface area contributed by atoms with Gasteiger partial charge in [0.1, 0.15) is 0 Å². The third kappa shape index (κ3) is 4.95. The van der Waals surface area contributed by atoms with Crippen LogP contribution in [0.15, 0.2) is 46.2 Å². The fourth-order valence-electron chi connectivity index (χ4n) is 2.22. The van der Waals surface area contributed by atoms with Crippen LogP contribution in [0.3, 0.4) is 0 Å². The Morgan fingerprint density at radius 2 is 1.08 bits per heavy atom. The third-order valence-electron chi connectivity index (χ3n) is 3.16. The van der Waals surface area contributed by atoms with Crippen LogP contribution in [0, 0.1) is 13.8 Å². The summed E-state index contributed by atoms with van der Waals surface area (Å²) in [5, 5.41) is 9.01. The van der Waals surface area contributed by atoms with Crippen molar-refractivity contribution in [2.75, 3.05) is 14.2 Å². The lowest BCUT2D eigenvalue weighted by atomic mass is 9.96. The molecule has 0 N–H and O–H groups in total. The highest BCUT2D eigenvalue weighted by Crippen LogP contribution is 2.41. The van der Waals surface area contributed by atoms with Gasteiger partial charge in [-0.2, -0.15) is 0 Å². The second-order valence-electron chi connectivity index (χ2n) is 4.67. The van der Waals surface area contributed by atoms with E-state index < -0.39 is 0 Å². The molecule has 0 fully saturated rings. The summed E-state index contributed by atoms with van der Waals surface area (Å²) in [7, 11) is 2.75. The molecular weight excluding hydrogens is 352 g/mol. The molecule has 2 rings (SSSR count). The summed E-state index contributed by atoms with van der Waals surface area (Å²) in [6.07, 6.45) is 0. The zero-order chi connectivity index (χ0) is 17.4. The summed E-state index contributed by atoms with van der Waals surface area (Å²) in [4.78, 5) is 10.7. The molecule has 0 spiro atoms. The van der Waals surface area contributed by atoms with Crippen LogP contribution in [0.4, 0.5) is 0 Å². The van der Waals surface area contributed by atoms with Crippen LogP contribution >= 0.6 is 24.1 Å². The molecule has 0 aliphatic rings. The minimum absolute atomic E-state index is 0.885. The Morgan fingerprint density at radius 3 is 1.46 bits per heavy atom. The lowest BCUT2D eigenvalue weighted by Crippen LogP contribution is -1.95. The first-order valence-corrected chi connectivity index (χ1v) is 8.45. The summed E-state index contributed by atoms with van der Waals surface area (Å²) in [6, 6.07) is 11.9. The lowest BCUT2D eigenvalue weighted by Gasteiger charge is -2.16. The highest BCUT2D eigenvalue weighted by Gasteiger charge is 2.17. The van der Waals surface area contributed by atoms with Gasteiger partial charge in [0, 0.05) is 20.9 Å². The first-order chi connectivity index (χ1) is 11.7. The molecule has 0 aromatic heterocycles. The number of rotatable bonds is 9. The van der Waals surface area contributed by atoms with E-state index in [2.05, 4.69) is 19.9 Å². The fraction of sp³-hybridized carbons (Fsp3) is 0.250. The van der Waals surface area contributed by atoms with E-state index in [4.69, 9.17) is 8.67 Å². The molecule has 2 aromatic carbocycles. The predicted molar refractivity (Wildman–Crippen MR) is 91.4 cm³/mol. The van der Waals surface area contributed by atoms with Crippen LogP contribution in [0.5, 0.6) is 0 Å². The minimum Gasteiger partial charge on any atom is -0.209 e. The van der Waals surface area contributed by atoms with Crippen molar-refractivity contribution in [2.24, 2.45) is 0 Å². The van der Waals surface area contributed by atoms with Crippen LogP contribution in [0.1, 0.15) is 11.1 Å². The number of hydrogen-bond acceptors (Lipinski definition) is 8. The second kappa shape index (κ2) is 10.0. The molecule has 0 aliphatic carbocycles. The van der Waals surface area contributed by atoms with Crippen molar-refractivity contribution >= 4 is 24.1 Å². The van der Waals surface area contributed by atoms with E-state index in [1.54, 1.807) is 0 Å². The molecule has 0 saturated carbocycles. The van der Waals surface area contributed by atoms with E-state index in [-0.39, 0.29) is 0 Å². The van der Waals surface area contributed by atoms with Gasteiger partial charge in [0.2, 0.25) is 0 Å². The SMILES string of the molecule is COOOSc1cccc(C)c1-c1c(C)cccc1SOOOC. The maximum absolute atomic E-state index is 4.98. The van der Waals surface area contributed by atoms with Gasteiger partial charge in [-0.05, 0) is 37.1 Å². The monoisotopic (exact) mass is 370 g/mol. The molecule has 2 aromatic rings. The van der Waals surface area contributed by atoms with E-state index in [1.807, 2.05) is 50.2 Å². The Balaban J connectivity index is 2.43. The molecule has 0 radical (unpaired) electrons. The predicted octanol–water partition coefficient (Wildman–Crippen LogP) is 5.00. The zero-order valence-corrected chi connectivity index (χ0v) is 15.4. The van der Waals surface area contributed by atoms with Crippen molar-refractivity contribution in [3.05, 3.63) is 47.5 Å². The average molecular weight is 370 g/mol. The van der Waals surface area contributed by atoms with Crippen molar-refractivity contribution in [3.63, 3.8) is 0 Å². The molecule has 8 heteroatoms. The zero-order valence-electron chi connectivity index (χ0n) is 13.7. The van der Waals surface area contributed by atoms with Gasteiger partial charge in [-0.15, -0.1) is 8.67 Å². The van der Waals surface area contributed by atoms with E-state index in [1.165, 1.54) is 14.2 Å². The molecule has 0 atom stereocenters. The van der Waals surface area contributed by atoms with Crippen LogP contribution < -0.4 is 0 Å². The molecule has 6 nitrogen and oxygen atoms in total. The van der Waals surface area contributed by atoms with Crippen LogP contribution in [-0.2, 0) is 28.5 Å². The quantitative estimate of drug-likeness (QED) is 0.264. The maximum atomic E-state index is 4.98. The van der Waals surface area contributed by atoms with Crippen molar-refractivity contribution < 1.29 is 28.5 Å². The summed E-state index contributed by atoms with van der Waals surface area (Å²) in [5.74, 6) is 0. The topological polar surface area (TPSA) is 55.4 Å². The van der Waals surface area contributed by atoms with Gasteiger partial charge in [0.15, 0.2) is 0 Å². The Kier molecular flexibility index (Phi) is 8.03. The van der Waals surface area contributed by atoms with Crippen molar-refractivity contribution in [3.8, 4) is 11.1 Å². The fourth-order valence-corrected chi connectivity index (χ4v) is 3.49. The number of aryl methyl sites for hydroxylation is 2. The van der Waals surface area contributed by atoms with Gasteiger partial charge in [-0.1, -0.05) is 34.3 Å². The van der Waals surface area contributed by atoms with Gasteiger partial charge < -0.3 is 0 Å². The molecule has 0 amide bonds. The highest BCUT2D eigenvalue weighted by atomic mass is 32.2. The molecule has 0 aliphatic heterocycles. The average Bonchev–Trinajstić information content (AvgIpc) is 2.57. The highest BCUT2D eigenvalue weighted by molar-refractivity contribution is 7.95. The van der Waals surface area contributed by atoms with Crippen molar-refractivity contribution in [1.82, 2.24) is 0 Å². The van der Waals surface area contributed by atoms with Crippen LogP contribution in [0.2, 0.25) is 0 Å². The molecule has 0 heterocycles. The first kappa shape index (κ1) is 19.2. The molecular formula is C16H18O6S2. The standard InChI is InChI=1S/C16H18O6S2/c1-11-7-5-9-13(23-21-19-17-3)15(11)16-12(2)8-6-10-14(16)24-22-20-18-4/h5-10H,1-4H3. The normalized spacial score (nSPS) is 11.0. The van der Waals surface area contributed by atoms with Gasteiger partial charge >= 0.3 is 0 Å². The lowest BCUT2D eigenvalue weighted by molar-refractivity contribution is -0.447. The van der Waals surface area contributed by atoms with Crippen LogP contribution in [0.25, 0.3) is 11.1 Å². The van der Waals surface area contributed by atoms with E-state index >= 15 is 0 Å². The smallest absolute Gasteiger partial charge is 0.0744 e. The van der Waals surface area contributed by atoms with Gasteiger partial charge in [-0.3, -0.25) is 0 Å². The van der Waals surface area contributed by atoms with Crippen molar-refractivity contribution in [2.45, 2.75) is 23.6 Å². The van der Waals surface area contributed by atoms with Gasteiger partial charge in [-0.25, -0.2) is 9.78 Å². The molecule has 0 unspecified atom stereocenters. The maximum Gasteiger partial charge on any atom is 0.0744 e.